The molecule has 0 aromatic carbocycles. The zero-order valence-electron chi connectivity index (χ0n) is 10.7. The summed E-state index contributed by atoms with van der Waals surface area (Å²) in [5.74, 6) is 0.783. The van der Waals surface area contributed by atoms with Gasteiger partial charge in [0.25, 0.3) is 0 Å². The number of nitrogens with zero attached hydrogens (tertiary/aromatic N) is 2. The van der Waals surface area contributed by atoms with E-state index in [1.165, 1.54) is 43.1 Å². The fourth-order valence-corrected chi connectivity index (χ4v) is 1.96. The van der Waals surface area contributed by atoms with Gasteiger partial charge in [0.15, 0.2) is 0 Å². The van der Waals surface area contributed by atoms with E-state index < -0.39 is 6.03 Å². The third-order valence-electron chi connectivity index (χ3n) is 2.96. The first-order chi connectivity index (χ1) is 8.25. The first-order valence-electron chi connectivity index (χ1n) is 6.57. The smallest absolute Gasteiger partial charge is 0.324 e. The van der Waals surface area contributed by atoms with Gasteiger partial charge in [-0.2, -0.15) is 0 Å². The monoisotopic (exact) mass is 237 g/mol. The van der Waals surface area contributed by atoms with E-state index in [0.29, 0.717) is 0 Å². The van der Waals surface area contributed by atoms with Crippen LogP contribution in [0.3, 0.4) is 0 Å². The lowest BCUT2D eigenvalue weighted by Gasteiger charge is -2.03. The number of aryl methyl sites for hydroxylation is 1. The summed E-state index contributed by atoms with van der Waals surface area (Å²) in [6, 6.07) is -0.444. The summed E-state index contributed by atoms with van der Waals surface area (Å²) in [7, 11) is 0. The van der Waals surface area contributed by atoms with Crippen molar-refractivity contribution in [2.75, 3.05) is 0 Å². The Labute approximate surface area is 103 Å². The Kier molecular flexibility index (Phi) is 6.37. The number of hydrogen-bond donors (Lipinski definition) is 1. The summed E-state index contributed by atoms with van der Waals surface area (Å²) >= 11 is 0. The van der Waals surface area contributed by atoms with E-state index in [9.17, 15) is 4.79 Å². The minimum atomic E-state index is -0.444. The molecule has 0 unspecified atom stereocenters. The molecule has 1 aromatic heterocycles. The highest BCUT2D eigenvalue weighted by Gasteiger charge is 2.05. The average Bonchev–Trinajstić information content (AvgIpc) is 2.76. The number of imidazole rings is 1. The highest BCUT2D eigenvalue weighted by Crippen LogP contribution is 2.09. The van der Waals surface area contributed by atoms with Crippen LogP contribution >= 0.6 is 0 Å². The molecule has 0 aliphatic carbocycles. The molecule has 0 aliphatic rings. The zero-order chi connectivity index (χ0) is 12.5. The standard InChI is InChI=1S/C13H23N3O/c1-2-3-4-5-6-7-8-9-12-15-10-11-16(12)13(14)17/h10-11H,2-9H2,1H3,(H2,14,17). The number of unbranched alkanes of at least 4 members (excludes halogenated alkanes) is 6. The molecule has 1 rings (SSSR count). The second-order valence-electron chi connectivity index (χ2n) is 4.42. The van der Waals surface area contributed by atoms with Gasteiger partial charge in [-0.05, 0) is 6.42 Å². The molecule has 0 fully saturated rings. The van der Waals surface area contributed by atoms with E-state index in [4.69, 9.17) is 5.73 Å². The Morgan fingerprint density at radius 3 is 2.53 bits per heavy atom. The van der Waals surface area contributed by atoms with Crippen molar-refractivity contribution in [1.82, 2.24) is 9.55 Å². The first-order valence-corrected chi connectivity index (χ1v) is 6.57. The van der Waals surface area contributed by atoms with Gasteiger partial charge in [-0.1, -0.05) is 45.4 Å². The minimum absolute atomic E-state index is 0.444. The number of nitrogens with two attached hydrogens (primary N) is 1. The van der Waals surface area contributed by atoms with Crippen molar-refractivity contribution in [3.63, 3.8) is 0 Å². The molecule has 1 heterocycles. The molecule has 0 saturated carbocycles. The van der Waals surface area contributed by atoms with Crippen LogP contribution < -0.4 is 5.73 Å². The second-order valence-corrected chi connectivity index (χ2v) is 4.42. The summed E-state index contributed by atoms with van der Waals surface area (Å²) in [5.41, 5.74) is 5.23. The fraction of sp³-hybridized carbons (Fsp3) is 0.692. The summed E-state index contributed by atoms with van der Waals surface area (Å²) in [6.45, 7) is 2.23. The first kappa shape index (κ1) is 13.7. The number of carbonyl (C=O) groups excluding carboxylic acids is 1. The SMILES string of the molecule is CCCCCCCCCc1nccn1C(N)=O. The molecular weight excluding hydrogens is 214 g/mol. The molecule has 0 atom stereocenters. The van der Waals surface area contributed by atoms with Gasteiger partial charge in [0.05, 0.1) is 0 Å². The Bertz CT molecular complexity index is 333. The van der Waals surface area contributed by atoms with E-state index in [1.807, 2.05) is 0 Å². The van der Waals surface area contributed by atoms with Crippen molar-refractivity contribution in [3.8, 4) is 0 Å². The molecule has 0 bridgehead atoms. The van der Waals surface area contributed by atoms with Crippen LogP contribution in [-0.4, -0.2) is 15.6 Å². The maximum absolute atomic E-state index is 11.0. The quantitative estimate of drug-likeness (QED) is 0.706. The van der Waals surface area contributed by atoms with Gasteiger partial charge in [0.1, 0.15) is 5.82 Å². The highest BCUT2D eigenvalue weighted by molar-refractivity contribution is 5.75. The molecule has 0 saturated heterocycles. The molecule has 1 amide bonds. The van der Waals surface area contributed by atoms with Crippen LogP contribution in [0.5, 0.6) is 0 Å². The topological polar surface area (TPSA) is 60.9 Å². The Morgan fingerprint density at radius 1 is 1.24 bits per heavy atom. The van der Waals surface area contributed by atoms with Gasteiger partial charge in [-0.15, -0.1) is 0 Å². The third-order valence-corrected chi connectivity index (χ3v) is 2.96. The van der Waals surface area contributed by atoms with E-state index >= 15 is 0 Å². The van der Waals surface area contributed by atoms with Crippen molar-refractivity contribution in [1.29, 1.82) is 0 Å². The molecular formula is C13H23N3O. The predicted octanol–water partition coefficient (Wildman–Crippen LogP) is 3.10. The van der Waals surface area contributed by atoms with Crippen molar-refractivity contribution in [2.24, 2.45) is 5.73 Å². The molecule has 4 heteroatoms. The van der Waals surface area contributed by atoms with E-state index in [0.717, 1.165) is 18.7 Å². The molecule has 0 radical (unpaired) electrons. The summed E-state index contributed by atoms with van der Waals surface area (Å²) < 4.78 is 1.43. The number of carbonyl (C=O) groups is 1. The summed E-state index contributed by atoms with van der Waals surface area (Å²) in [5, 5.41) is 0. The molecule has 96 valence electrons. The zero-order valence-corrected chi connectivity index (χ0v) is 10.7. The Balaban J connectivity index is 2.14. The maximum atomic E-state index is 11.0. The fourth-order valence-electron chi connectivity index (χ4n) is 1.96. The van der Waals surface area contributed by atoms with Crippen LogP contribution in [0.15, 0.2) is 12.4 Å². The van der Waals surface area contributed by atoms with Crippen molar-refractivity contribution < 1.29 is 4.79 Å². The van der Waals surface area contributed by atoms with Gasteiger partial charge >= 0.3 is 6.03 Å². The van der Waals surface area contributed by atoms with Crippen molar-refractivity contribution >= 4 is 6.03 Å². The third kappa shape index (κ3) is 5.02. The van der Waals surface area contributed by atoms with Crippen molar-refractivity contribution in [2.45, 2.75) is 58.3 Å². The normalized spacial score (nSPS) is 10.6. The van der Waals surface area contributed by atoms with Crippen LogP contribution in [0.4, 0.5) is 4.79 Å². The van der Waals surface area contributed by atoms with Crippen LogP contribution in [0, 0.1) is 0 Å². The van der Waals surface area contributed by atoms with E-state index in [2.05, 4.69) is 11.9 Å². The largest absolute Gasteiger partial charge is 0.351 e. The molecule has 4 nitrogen and oxygen atoms in total. The number of hydrogen-bond acceptors (Lipinski definition) is 2. The molecule has 2 N–H and O–H groups in total. The molecule has 0 aliphatic heterocycles. The summed E-state index contributed by atoms with van der Waals surface area (Å²) in [6.07, 6.45) is 12.9. The number of primary amides is 1. The lowest BCUT2D eigenvalue weighted by Crippen LogP contribution is -2.21. The molecule has 17 heavy (non-hydrogen) atoms. The van der Waals surface area contributed by atoms with Crippen LogP contribution in [0.1, 0.15) is 57.7 Å². The van der Waals surface area contributed by atoms with Gasteiger partial charge < -0.3 is 5.73 Å². The summed E-state index contributed by atoms with van der Waals surface area (Å²) in [4.78, 5) is 15.2. The number of aromatic nitrogens is 2. The van der Waals surface area contributed by atoms with E-state index in [1.54, 1.807) is 12.4 Å². The number of amides is 1. The highest BCUT2D eigenvalue weighted by atomic mass is 16.2. The lowest BCUT2D eigenvalue weighted by molar-refractivity contribution is 0.249. The van der Waals surface area contributed by atoms with Crippen LogP contribution in [0.25, 0.3) is 0 Å². The van der Waals surface area contributed by atoms with E-state index in [-0.39, 0.29) is 0 Å². The lowest BCUT2D eigenvalue weighted by atomic mass is 10.1. The van der Waals surface area contributed by atoms with Gasteiger partial charge in [0, 0.05) is 18.8 Å². The minimum Gasteiger partial charge on any atom is -0.351 e. The molecule has 0 spiro atoms. The number of rotatable bonds is 8. The predicted molar refractivity (Wildman–Crippen MR) is 68.9 cm³/mol. The second kappa shape index (κ2) is 7.87. The average molecular weight is 237 g/mol. The van der Waals surface area contributed by atoms with Gasteiger partial charge in [0.2, 0.25) is 0 Å². The van der Waals surface area contributed by atoms with Crippen LogP contribution in [0.2, 0.25) is 0 Å². The van der Waals surface area contributed by atoms with Gasteiger partial charge in [-0.25, -0.2) is 9.78 Å². The van der Waals surface area contributed by atoms with Gasteiger partial charge in [-0.3, -0.25) is 4.57 Å². The van der Waals surface area contributed by atoms with Crippen molar-refractivity contribution in [3.05, 3.63) is 18.2 Å². The van der Waals surface area contributed by atoms with Crippen LogP contribution in [-0.2, 0) is 6.42 Å². The Morgan fingerprint density at radius 2 is 1.88 bits per heavy atom. The molecule has 1 aromatic rings. The Hall–Kier alpha value is -1.32. The maximum Gasteiger partial charge on any atom is 0.324 e.